The first-order valence-electron chi connectivity index (χ1n) is 5.22. The van der Waals surface area contributed by atoms with E-state index in [-0.39, 0.29) is 6.04 Å². The van der Waals surface area contributed by atoms with Gasteiger partial charge in [0.1, 0.15) is 17.7 Å². The van der Waals surface area contributed by atoms with E-state index in [0.717, 1.165) is 30.6 Å². The molecule has 1 unspecified atom stereocenters. The SMILES string of the molecule is CCCCC(N)c1nc2ncncc2[nH]1. The second kappa shape index (κ2) is 4.35. The molecule has 0 bridgehead atoms. The molecule has 2 aromatic heterocycles. The molecule has 0 aliphatic rings. The molecule has 0 fully saturated rings. The lowest BCUT2D eigenvalue weighted by atomic mass is 10.1. The lowest BCUT2D eigenvalue weighted by Gasteiger charge is -2.06. The van der Waals surface area contributed by atoms with Crippen molar-refractivity contribution < 1.29 is 0 Å². The van der Waals surface area contributed by atoms with E-state index in [1.807, 2.05) is 0 Å². The summed E-state index contributed by atoms with van der Waals surface area (Å²) in [7, 11) is 0. The summed E-state index contributed by atoms with van der Waals surface area (Å²) < 4.78 is 0. The Bertz CT molecular complexity index is 403. The van der Waals surface area contributed by atoms with Crippen molar-refractivity contribution in [3.05, 3.63) is 18.3 Å². The van der Waals surface area contributed by atoms with Crippen LogP contribution in [0.2, 0.25) is 0 Å². The number of H-pyrrole nitrogens is 1. The lowest BCUT2D eigenvalue weighted by Crippen LogP contribution is -2.11. The number of rotatable bonds is 4. The molecule has 2 heterocycles. The lowest BCUT2D eigenvalue weighted by molar-refractivity contribution is 0.581. The summed E-state index contributed by atoms with van der Waals surface area (Å²) >= 11 is 0. The van der Waals surface area contributed by atoms with Gasteiger partial charge in [0.05, 0.1) is 12.2 Å². The van der Waals surface area contributed by atoms with E-state index in [0.29, 0.717) is 5.65 Å². The zero-order chi connectivity index (χ0) is 10.7. The molecule has 5 nitrogen and oxygen atoms in total. The smallest absolute Gasteiger partial charge is 0.180 e. The molecule has 0 radical (unpaired) electrons. The summed E-state index contributed by atoms with van der Waals surface area (Å²) in [5, 5.41) is 0. The Balaban J connectivity index is 2.20. The van der Waals surface area contributed by atoms with Crippen molar-refractivity contribution in [2.75, 3.05) is 0 Å². The highest BCUT2D eigenvalue weighted by Crippen LogP contribution is 2.16. The van der Waals surface area contributed by atoms with Gasteiger partial charge in [0.15, 0.2) is 5.65 Å². The zero-order valence-corrected chi connectivity index (χ0v) is 8.77. The van der Waals surface area contributed by atoms with Crippen LogP contribution in [-0.4, -0.2) is 19.9 Å². The molecule has 0 aliphatic carbocycles. The number of fused-ring (bicyclic) bond motifs is 1. The molecule has 80 valence electrons. The fourth-order valence-electron chi connectivity index (χ4n) is 1.52. The molecule has 2 rings (SSSR count). The van der Waals surface area contributed by atoms with Gasteiger partial charge in [0, 0.05) is 0 Å². The van der Waals surface area contributed by atoms with Crippen LogP contribution in [0.4, 0.5) is 0 Å². The van der Waals surface area contributed by atoms with Crippen molar-refractivity contribution in [3.8, 4) is 0 Å². The van der Waals surface area contributed by atoms with E-state index >= 15 is 0 Å². The first-order chi connectivity index (χ1) is 7.31. The van der Waals surface area contributed by atoms with Crippen molar-refractivity contribution in [2.45, 2.75) is 32.2 Å². The van der Waals surface area contributed by atoms with Crippen LogP contribution in [0.1, 0.15) is 38.1 Å². The average Bonchev–Trinajstić information content (AvgIpc) is 2.69. The summed E-state index contributed by atoms with van der Waals surface area (Å²) in [4.78, 5) is 15.5. The number of nitrogens with zero attached hydrogens (tertiary/aromatic N) is 3. The Morgan fingerprint density at radius 3 is 3.13 bits per heavy atom. The second-order valence-electron chi connectivity index (χ2n) is 3.63. The highest BCUT2D eigenvalue weighted by Gasteiger charge is 2.10. The summed E-state index contributed by atoms with van der Waals surface area (Å²) in [5.41, 5.74) is 7.54. The monoisotopic (exact) mass is 205 g/mol. The number of aromatic amines is 1. The minimum atomic E-state index is -0.0286. The third-order valence-electron chi connectivity index (χ3n) is 2.40. The van der Waals surface area contributed by atoms with Gasteiger partial charge in [-0.05, 0) is 6.42 Å². The summed E-state index contributed by atoms with van der Waals surface area (Å²) in [6, 6.07) is -0.0286. The van der Waals surface area contributed by atoms with Crippen molar-refractivity contribution in [1.29, 1.82) is 0 Å². The Morgan fingerprint density at radius 1 is 1.53 bits per heavy atom. The van der Waals surface area contributed by atoms with Crippen LogP contribution < -0.4 is 5.73 Å². The third kappa shape index (κ3) is 2.12. The normalized spacial score (nSPS) is 13.2. The topological polar surface area (TPSA) is 80.5 Å². The molecule has 0 spiro atoms. The maximum Gasteiger partial charge on any atom is 0.180 e. The molecular weight excluding hydrogens is 190 g/mol. The molecule has 5 heteroatoms. The molecular formula is C10H15N5. The predicted molar refractivity (Wildman–Crippen MR) is 58.1 cm³/mol. The Hall–Kier alpha value is -1.49. The maximum absolute atomic E-state index is 6.00. The molecule has 1 atom stereocenters. The molecule has 3 N–H and O–H groups in total. The van der Waals surface area contributed by atoms with E-state index in [1.165, 1.54) is 6.33 Å². The van der Waals surface area contributed by atoms with Crippen molar-refractivity contribution in [1.82, 2.24) is 19.9 Å². The molecule has 0 amide bonds. The Kier molecular flexibility index (Phi) is 2.91. The summed E-state index contributed by atoms with van der Waals surface area (Å²) in [6.07, 6.45) is 6.41. The van der Waals surface area contributed by atoms with Crippen LogP contribution in [0.15, 0.2) is 12.5 Å². The minimum Gasteiger partial charge on any atom is -0.338 e. The van der Waals surface area contributed by atoms with Crippen LogP contribution in [0, 0.1) is 0 Å². The number of hydrogen-bond acceptors (Lipinski definition) is 4. The predicted octanol–water partition coefficient (Wildman–Crippen LogP) is 1.54. The van der Waals surface area contributed by atoms with Gasteiger partial charge < -0.3 is 10.7 Å². The Labute approximate surface area is 88.1 Å². The largest absolute Gasteiger partial charge is 0.338 e. The Morgan fingerprint density at radius 2 is 2.40 bits per heavy atom. The van der Waals surface area contributed by atoms with Crippen molar-refractivity contribution in [3.63, 3.8) is 0 Å². The van der Waals surface area contributed by atoms with Crippen molar-refractivity contribution >= 4 is 11.2 Å². The van der Waals surface area contributed by atoms with E-state index in [4.69, 9.17) is 5.73 Å². The third-order valence-corrected chi connectivity index (χ3v) is 2.40. The first-order valence-corrected chi connectivity index (χ1v) is 5.22. The van der Waals surface area contributed by atoms with Crippen LogP contribution in [0.25, 0.3) is 11.2 Å². The summed E-state index contributed by atoms with van der Waals surface area (Å²) in [5.74, 6) is 0.805. The van der Waals surface area contributed by atoms with E-state index < -0.39 is 0 Å². The fraction of sp³-hybridized carbons (Fsp3) is 0.500. The second-order valence-corrected chi connectivity index (χ2v) is 3.63. The van der Waals surface area contributed by atoms with Gasteiger partial charge in [-0.3, -0.25) is 0 Å². The average molecular weight is 205 g/mol. The number of imidazole rings is 1. The molecule has 0 saturated heterocycles. The van der Waals surface area contributed by atoms with Gasteiger partial charge in [0.25, 0.3) is 0 Å². The van der Waals surface area contributed by atoms with Crippen LogP contribution in [0.3, 0.4) is 0 Å². The molecule has 2 aromatic rings. The number of nitrogens with two attached hydrogens (primary N) is 1. The van der Waals surface area contributed by atoms with Crippen LogP contribution in [-0.2, 0) is 0 Å². The molecule has 15 heavy (non-hydrogen) atoms. The fourth-order valence-corrected chi connectivity index (χ4v) is 1.52. The first kappa shape index (κ1) is 10.0. The minimum absolute atomic E-state index is 0.0286. The van der Waals surface area contributed by atoms with Crippen molar-refractivity contribution in [2.24, 2.45) is 5.73 Å². The van der Waals surface area contributed by atoms with Gasteiger partial charge >= 0.3 is 0 Å². The molecule has 0 aliphatic heterocycles. The van der Waals surface area contributed by atoms with Gasteiger partial charge in [-0.1, -0.05) is 19.8 Å². The van der Waals surface area contributed by atoms with Gasteiger partial charge in [-0.15, -0.1) is 0 Å². The summed E-state index contributed by atoms with van der Waals surface area (Å²) in [6.45, 7) is 2.15. The highest BCUT2D eigenvalue weighted by molar-refractivity contribution is 5.68. The maximum atomic E-state index is 6.00. The molecule has 0 saturated carbocycles. The van der Waals surface area contributed by atoms with Gasteiger partial charge in [-0.25, -0.2) is 15.0 Å². The standard InChI is InChI=1S/C10H15N5/c1-2-3-4-7(11)9-14-8-5-12-6-13-10(8)15-9/h5-7H,2-4,11H2,1H3,(H,12,13,14,15). The highest BCUT2D eigenvalue weighted by atomic mass is 15.0. The van der Waals surface area contributed by atoms with Crippen LogP contribution >= 0.6 is 0 Å². The zero-order valence-electron chi connectivity index (χ0n) is 8.77. The van der Waals surface area contributed by atoms with Gasteiger partial charge in [0.2, 0.25) is 0 Å². The quantitative estimate of drug-likeness (QED) is 0.793. The number of nitrogens with one attached hydrogen (secondary N) is 1. The van der Waals surface area contributed by atoms with E-state index in [1.54, 1.807) is 6.20 Å². The van der Waals surface area contributed by atoms with E-state index in [9.17, 15) is 0 Å². The van der Waals surface area contributed by atoms with Crippen LogP contribution in [0.5, 0.6) is 0 Å². The molecule has 0 aromatic carbocycles. The number of unbranched alkanes of at least 4 members (excludes halogenated alkanes) is 1. The van der Waals surface area contributed by atoms with Gasteiger partial charge in [-0.2, -0.15) is 0 Å². The number of aromatic nitrogens is 4. The number of hydrogen-bond donors (Lipinski definition) is 2. The van der Waals surface area contributed by atoms with E-state index in [2.05, 4.69) is 26.9 Å².